The maximum Gasteiger partial charge on any atom is 0.116 e. The zero-order chi connectivity index (χ0) is 11.2. The maximum atomic E-state index is 5.68. The maximum absolute atomic E-state index is 5.68. The first-order valence-electron chi connectivity index (χ1n) is 5.06. The van der Waals surface area contributed by atoms with Gasteiger partial charge in [-0.2, -0.15) is 0 Å². The first-order chi connectivity index (χ1) is 7.90. The van der Waals surface area contributed by atoms with Gasteiger partial charge < -0.3 is 5.73 Å². The molecule has 0 aliphatic heterocycles. The van der Waals surface area contributed by atoms with E-state index in [1.807, 2.05) is 18.2 Å². The topological polar surface area (TPSA) is 51.8 Å². The average Bonchev–Trinajstić information content (AvgIpc) is 2.38. The minimum absolute atomic E-state index is 0.584. The molecule has 1 aromatic heterocycles. The fourth-order valence-corrected chi connectivity index (χ4v) is 2.28. The van der Waals surface area contributed by atoms with Crippen LogP contribution < -0.4 is 5.73 Å². The minimum Gasteiger partial charge on any atom is -0.326 e. The van der Waals surface area contributed by atoms with Crippen molar-refractivity contribution in [3.63, 3.8) is 0 Å². The molecule has 82 valence electrons. The van der Waals surface area contributed by atoms with Gasteiger partial charge in [-0.25, -0.2) is 9.97 Å². The van der Waals surface area contributed by atoms with Crippen molar-refractivity contribution in [1.29, 1.82) is 0 Å². The van der Waals surface area contributed by atoms with Gasteiger partial charge >= 0.3 is 0 Å². The number of nitrogens with zero attached hydrogens (tertiary/aromatic N) is 2. The Morgan fingerprint density at radius 2 is 1.94 bits per heavy atom. The van der Waals surface area contributed by atoms with Gasteiger partial charge in [0.25, 0.3) is 0 Å². The molecule has 0 aliphatic rings. The van der Waals surface area contributed by atoms with Gasteiger partial charge in [0.2, 0.25) is 0 Å². The number of thioether (sulfide) groups is 1. The summed E-state index contributed by atoms with van der Waals surface area (Å²) in [5, 5.41) is 0.988. The van der Waals surface area contributed by atoms with Gasteiger partial charge in [0.1, 0.15) is 6.33 Å². The molecule has 2 aromatic rings. The number of hydrogen-bond donors (Lipinski definition) is 1. The van der Waals surface area contributed by atoms with Gasteiger partial charge in [0, 0.05) is 18.5 Å². The van der Waals surface area contributed by atoms with Crippen molar-refractivity contribution in [2.45, 2.75) is 17.3 Å². The van der Waals surface area contributed by atoms with Crippen LogP contribution in [0.15, 0.2) is 47.9 Å². The van der Waals surface area contributed by atoms with Gasteiger partial charge in [-0.1, -0.05) is 24.3 Å². The molecular formula is C12H13N3S. The highest BCUT2D eigenvalue weighted by Crippen LogP contribution is 2.21. The number of benzene rings is 1. The van der Waals surface area contributed by atoms with Gasteiger partial charge in [-0.05, 0) is 17.2 Å². The molecule has 4 heteroatoms. The molecule has 0 fully saturated rings. The molecule has 0 radical (unpaired) electrons. The van der Waals surface area contributed by atoms with Crippen LogP contribution >= 0.6 is 11.8 Å². The molecule has 0 saturated heterocycles. The molecular weight excluding hydrogens is 218 g/mol. The van der Waals surface area contributed by atoms with Crippen molar-refractivity contribution in [1.82, 2.24) is 9.97 Å². The predicted octanol–water partition coefficient (Wildman–Crippen LogP) is 2.23. The number of nitrogens with two attached hydrogens (primary N) is 1. The number of hydrogen-bond acceptors (Lipinski definition) is 4. The predicted molar refractivity (Wildman–Crippen MR) is 65.9 cm³/mol. The van der Waals surface area contributed by atoms with Crippen LogP contribution in [0.25, 0.3) is 0 Å². The van der Waals surface area contributed by atoms with Crippen LogP contribution in [-0.2, 0) is 12.3 Å². The highest BCUT2D eigenvalue weighted by atomic mass is 32.2. The minimum atomic E-state index is 0.584. The smallest absolute Gasteiger partial charge is 0.116 e. The first kappa shape index (κ1) is 11.1. The lowest BCUT2D eigenvalue weighted by molar-refractivity contribution is 1.03. The van der Waals surface area contributed by atoms with Gasteiger partial charge in [0.15, 0.2) is 0 Å². The molecule has 0 atom stereocenters. The van der Waals surface area contributed by atoms with Crippen molar-refractivity contribution in [3.8, 4) is 0 Å². The third kappa shape index (κ3) is 2.81. The molecule has 0 saturated carbocycles. The van der Waals surface area contributed by atoms with Crippen molar-refractivity contribution >= 4 is 11.8 Å². The lowest BCUT2D eigenvalue weighted by Crippen LogP contribution is -2.00. The third-order valence-electron chi connectivity index (χ3n) is 2.27. The largest absolute Gasteiger partial charge is 0.326 e. The molecule has 1 heterocycles. The fraction of sp³-hybridized carbons (Fsp3) is 0.167. The van der Waals surface area contributed by atoms with Crippen molar-refractivity contribution in [3.05, 3.63) is 54.0 Å². The van der Waals surface area contributed by atoms with Gasteiger partial charge in [0.05, 0.1) is 5.03 Å². The Hall–Kier alpha value is -1.39. The van der Waals surface area contributed by atoms with E-state index in [1.54, 1.807) is 24.3 Å². The summed E-state index contributed by atoms with van der Waals surface area (Å²) >= 11 is 1.70. The van der Waals surface area contributed by atoms with Gasteiger partial charge in [-0.15, -0.1) is 11.8 Å². The fourth-order valence-electron chi connectivity index (χ4n) is 1.41. The van der Waals surface area contributed by atoms with Crippen molar-refractivity contribution in [2.24, 2.45) is 5.73 Å². The Morgan fingerprint density at radius 1 is 1.12 bits per heavy atom. The van der Waals surface area contributed by atoms with Crippen LogP contribution in [0.3, 0.4) is 0 Å². The van der Waals surface area contributed by atoms with E-state index in [-0.39, 0.29) is 0 Å². The standard InChI is InChI=1S/C12H13N3S/c13-7-10-3-1-2-4-11(10)8-16-12-5-6-14-9-15-12/h1-6,9H,7-8,13H2. The quantitative estimate of drug-likeness (QED) is 0.647. The lowest BCUT2D eigenvalue weighted by atomic mass is 10.1. The molecule has 3 nitrogen and oxygen atoms in total. The van der Waals surface area contributed by atoms with E-state index in [0.29, 0.717) is 6.54 Å². The summed E-state index contributed by atoms with van der Waals surface area (Å²) in [6.07, 6.45) is 3.32. The van der Waals surface area contributed by atoms with E-state index in [1.165, 1.54) is 11.1 Å². The van der Waals surface area contributed by atoms with Crippen LogP contribution in [0.5, 0.6) is 0 Å². The molecule has 0 bridgehead atoms. The van der Waals surface area contributed by atoms with E-state index >= 15 is 0 Å². The summed E-state index contributed by atoms with van der Waals surface area (Å²) in [5.41, 5.74) is 8.15. The summed E-state index contributed by atoms with van der Waals surface area (Å²) in [5.74, 6) is 0.893. The molecule has 0 unspecified atom stereocenters. The number of rotatable bonds is 4. The van der Waals surface area contributed by atoms with Crippen LogP contribution in [-0.4, -0.2) is 9.97 Å². The van der Waals surface area contributed by atoms with E-state index < -0.39 is 0 Å². The van der Waals surface area contributed by atoms with Crippen LogP contribution in [0, 0.1) is 0 Å². The molecule has 1 aromatic carbocycles. The Bertz CT molecular complexity index is 445. The summed E-state index contributed by atoms with van der Waals surface area (Å²) < 4.78 is 0. The van der Waals surface area contributed by atoms with E-state index in [9.17, 15) is 0 Å². The summed E-state index contributed by atoms with van der Waals surface area (Å²) in [6, 6.07) is 10.1. The Morgan fingerprint density at radius 3 is 2.62 bits per heavy atom. The summed E-state index contributed by atoms with van der Waals surface area (Å²) in [4.78, 5) is 8.06. The highest BCUT2D eigenvalue weighted by Gasteiger charge is 2.01. The highest BCUT2D eigenvalue weighted by molar-refractivity contribution is 7.98. The van der Waals surface area contributed by atoms with E-state index in [2.05, 4.69) is 22.1 Å². The lowest BCUT2D eigenvalue weighted by Gasteiger charge is -2.06. The van der Waals surface area contributed by atoms with Crippen LogP contribution in [0.2, 0.25) is 0 Å². The Balaban J connectivity index is 2.05. The molecule has 2 rings (SSSR count). The zero-order valence-corrected chi connectivity index (χ0v) is 9.65. The Kier molecular flexibility index (Phi) is 3.91. The summed E-state index contributed by atoms with van der Waals surface area (Å²) in [6.45, 7) is 0.584. The number of aromatic nitrogens is 2. The second-order valence-electron chi connectivity index (χ2n) is 3.31. The van der Waals surface area contributed by atoms with Crippen LogP contribution in [0.1, 0.15) is 11.1 Å². The van der Waals surface area contributed by atoms with Crippen molar-refractivity contribution in [2.75, 3.05) is 0 Å². The second-order valence-corrected chi connectivity index (χ2v) is 4.30. The molecule has 2 N–H and O–H groups in total. The zero-order valence-electron chi connectivity index (χ0n) is 8.84. The van der Waals surface area contributed by atoms with Crippen LogP contribution in [0.4, 0.5) is 0 Å². The molecule has 0 spiro atoms. The molecule has 0 aliphatic carbocycles. The second kappa shape index (κ2) is 5.63. The Labute approximate surface area is 99.1 Å². The normalized spacial score (nSPS) is 10.3. The van der Waals surface area contributed by atoms with E-state index in [0.717, 1.165) is 10.8 Å². The average molecular weight is 231 g/mol. The molecule has 0 amide bonds. The SMILES string of the molecule is NCc1ccccc1CSc1ccncn1. The van der Waals surface area contributed by atoms with Crippen molar-refractivity contribution < 1.29 is 0 Å². The van der Waals surface area contributed by atoms with Gasteiger partial charge in [-0.3, -0.25) is 0 Å². The summed E-state index contributed by atoms with van der Waals surface area (Å²) in [7, 11) is 0. The van der Waals surface area contributed by atoms with E-state index in [4.69, 9.17) is 5.73 Å². The monoisotopic (exact) mass is 231 g/mol. The first-order valence-corrected chi connectivity index (χ1v) is 6.04. The third-order valence-corrected chi connectivity index (χ3v) is 3.26. The molecule has 16 heavy (non-hydrogen) atoms.